The van der Waals surface area contributed by atoms with Crippen molar-refractivity contribution in [3.63, 3.8) is 0 Å². The van der Waals surface area contributed by atoms with Gasteiger partial charge >= 0.3 is 0 Å². The van der Waals surface area contributed by atoms with E-state index in [9.17, 15) is 0 Å². The van der Waals surface area contributed by atoms with Gasteiger partial charge in [0.2, 0.25) is 0 Å². The summed E-state index contributed by atoms with van der Waals surface area (Å²) in [6.45, 7) is 10.5. The van der Waals surface area contributed by atoms with Crippen LogP contribution in [0.15, 0.2) is 182 Å². The van der Waals surface area contributed by atoms with E-state index >= 15 is 0 Å². The maximum atomic E-state index is 3.69. The molecule has 0 bridgehead atoms. The first kappa shape index (κ1) is 36.4. The first-order valence-electron chi connectivity index (χ1n) is 15.0. The van der Waals surface area contributed by atoms with Crippen LogP contribution in [-0.2, 0) is 16.5 Å². The molecule has 0 fully saturated rings. The average molecular weight is 684 g/mol. The van der Waals surface area contributed by atoms with Crippen LogP contribution in [0, 0.1) is 13.0 Å². The van der Waals surface area contributed by atoms with E-state index in [-0.39, 0.29) is 16.5 Å². The fraction of sp³-hybridized carbons (Fsp3) is 0.0732. The molecule has 0 spiro atoms. The summed E-state index contributed by atoms with van der Waals surface area (Å²) in [6, 6.07) is 66.7. The summed E-state index contributed by atoms with van der Waals surface area (Å²) in [4.78, 5) is 0. The Hall–Kier alpha value is -3.11. The molecule has 0 amide bonds. The summed E-state index contributed by atoms with van der Waals surface area (Å²) in [7, 11) is -1.76. The van der Waals surface area contributed by atoms with Gasteiger partial charge in [0, 0.05) is 24.6 Å². The summed E-state index contributed by atoms with van der Waals surface area (Å²) >= 11 is 0. The van der Waals surface area contributed by atoms with Crippen molar-refractivity contribution in [3.8, 4) is 0 Å². The van der Waals surface area contributed by atoms with Crippen molar-refractivity contribution in [1.82, 2.24) is 0 Å². The van der Waals surface area contributed by atoms with Crippen LogP contribution >= 0.6 is 15.8 Å². The molecule has 0 atom stereocenters. The van der Waals surface area contributed by atoms with Crippen LogP contribution in [0.4, 0.5) is 0 Å². The smallest absolute Gasteiger partial charge is 0.0473 e. The van der Waals surface area contributed by atoms with Crippen LogP contribution in [0.2, 0.25) is 19.6 Å². The zero-order valence-corrected chi connectivity index (χ0v) is 30.1. The number of benzene rings is 6. The Labute approximate surface area is 285 Å². The Morgan fingerprint density at radius 2 is 0.489 bits per heavy atom. The summed E-state index contributed by atoms with van der Waals surface area (Å²) in [5, 5.41) is 8.39. The second-order valence-corrected chi connectivity index (χ2v) is 20.8. The van der Waals surface area contributed by atoms with E-state index in [1.807, 2.05) is 0 Å². The van der Waals surface area contributed by atoms with Gasteiger partial charge in [-0.3, -0.25) is 0 Å². The Kier molecular flexibility index (Phi) is 15.7. The van der Waals surface area contributed by atoms with Crippen LogP contribution in [0.5, 0.6) is 0 Å². The van der Waals surface area contributed by atoms with Gasteiger partial charge in [0.15, 0.2) is 0 Å². The molecule has 0 saturated carbocycles. The first-order chi connectivity index (χ1) is 21.5. The monoisotopic (exact) mass is 682 g/mol. The van der Waals surface area contributed by atoms with E-state index in [0.29, 0.717) is 0 Å². The predicted octanol–water partition coefficient (Wildman–Crippen LogP) is 8.79. The molecule has 0 nitrogen and oxygen atoms in total. The Morgan fingerprint density at radius 3 is 0.600 bits per heavy atom. The van der Waals surface area contributed by atoms with E-state index in [1.54, 1.807) is 0 Å². The number of hydrogen-bond donors (Lipinski definition) is 0. The van der Waals surface area contributed by atoms with Crippen LogP contribution in [0.25, 0.3) is 0 Å². The maximum absolute atomic E-state index is 3.69. The van der Waals surface area contributed by atoms with Gasteiger partial charge in [0.25, 0.3) is 0 Å². The van der Waals surface area contributed by atoms with Crippen LogP contribution in [-0.4, -0.2) is 8.07 Å². The summed E-state index contributed by atoms with van der Waals surface area (Å²) in [5.41, 5.74) is 0. The minimum Gasteiger partial charge on any atom is -0.0693 e. The molecule has 2 radical (unpaired) electrons. The van der Waals surface area contributed by atoms with Crippen LogP contribution in [0.3, 0.4) is 0 Å². The molecule has 0 unspecified atom stereocenters. The minimum absolute atomic E-state index is 0. The average Bonchev–Trinajstić information content (AvgIpc) is 3.08. The van der Waals surface area contributed by atoms with Crippen LogP contribution in [0.1, 0.15) is 0 Å². The van der Waals surface area contributed by atoms with Crippen molar-refractivity contribution in [2.24, 2.45) is 0 Å². The van der Waals surface area contributed by atoms with Gasteiger partial charge in [-0.25, -0.2) is 0 Å². The summed E-state index contributed by atoms with van der Waals surface area (Å²) in [5.74, 6) is 0. The van der Waals surface area contributed by atoms with E-state index < -0.39 is 23.9 Å². The van der Waals surface area contributed by atoms with Crippen molar-refractivity contribution in [2.45, 2.75) is 19.6 Å². The molecule has 0 heterocycles. The molecule has 6 aromatic rings. The maximum Gasteiger partial charge on any atom is 0.0473 e. The van der Waals surface area contributed by atoms with Crippen molar-refractivity contribution >= 4 is 55.7 Å². The molecule has 45 heavy (non-hydrogen) atoms. The molecule has 0 aliphatic heterocycles. The fourth-order valence-electron chi connectivity index (χ4n) is 4.36. The molecule has 0 aromatic heterocycles. The minimum atomic E-state index is -0.867. The molecule has 6 rings (SSSR count). The van der Waals surface area contributed by atoms with Crippen molar-refractivity contribution in [2.75, 3.05) is 0 Å². The van der Waals surface area contributed by atoms with Gasteiger partial charge in [-0.2, -0.15) is 0 Å². The predicted molar refractivity (Wildman–Crippen MR) is 203 cm³/mol. The van der Waals surface area contributed by atoms with E-state index in [1.165, 1.54) is 31.8 Å². The molecular formula is C41H42NiP2Si. The topological polar surface area (TPSA) is 0 Å². The standard InChI is InChI=1S/2C18H15P.C5H12Si.Ni/c2*1-4-10-16(11-5-1)19(17-12-6-2-7-13-17)18-14-8-3-9-15-18;1-5-6(2,3)4;/h2*1-15H;5H,1H2,2-4H3;. The van der Waals surface area contributed by atoms with Crippen molar-refractivity contribution < 1.29 is 16.5 Å². The Morgan fingerprint density at radius 1 is 0.356 bits per heavy atom. The second-order valence-electron chi connectivity index (χ2n) is 11.3. The van der Waals surface area contributed by atoms with E-state index in [2.05, 4.69) is 215 Å². The zero-order valence-electron chi connectivity index (χ0n) is 26.3. The third kappa shape index (κ3) is 12.0. The molecule has 0 aliphatic carbocycles. The number of rotatable bonds is 7. The fourth-order valence-corrected chi connectivity index (χ4v) is 8.97. The zero-order chi connectivity index (χ0) is 31.0. The molecule has 0 aliphatic rings. The SMILES string of the molecule is [CH2][CH][Si](C)(C)C.[Ni].c1ccc(P(c2ccccc2)c2ccccc2)cc1.c1ccc(P(c2ccccc2)c2ccccc2)cc1. The first-order valence-corrected chi connectivity index (χ1v) is 21.3. The quantitative estimate of drug-likeness (QED) is 0.117. The molecule has 0 saturated heterocycles. The third-order valence-electron chi connectivity index (χ3n) is 6.70. The molecule has 4 heteroatoms. The normalized spacial score (nSPS) is 10.5. The summed E-state index contributed by atoms with van der Waals surface area (Å²) < 4.78 is 0. The van der Waals surface area contributed by atoms with E-state index in [0.717, 1.165) is 0 Å². The summed E-state index contributed by atoms with van der Waals surface area (Å²) in [6.07, 6.45) is 0. The largest absolute Gasteiger partial charge is 0.0693 e. The van der Waals surface area contributed by atoms with Crippen molar-refractivity contribution in [3.05, 3.63) is 195 Å². The molecular weight excluding hydrogens is 641 g/mol. The van der Waals surface area contributed by atoms with Gasteiger partial charge in [-0.05, 0) is 53.7 Å². The van der Waals surface area contributed by atoms with Gasteiger partial charge in [-0.1, -0.05) is 209 Å². The second kappa shape index (κ2) is 19.4. The molecule has 0 N–H and O–H groups in total. The Bertz CT molecular complexity index is 1290. The third-order valence-corrected chi connectivity index (χ3v) is 12.8. The number of hydrogen-bond acceptors (Lipinski definition) is 0. The van der Waals surface area contributed by atoms with Gasteiger partial charge in [-0.15, -0.1) is 0 Å². The van der Waals surface area contributed by atoms with Gasteiger partial charge in [0.05, 0.1) is 0 Å². The van der Waals surface area contributed by atoms with E-state index in [4.69, 9.17) is 0 Å². The van der Waals surface area contributed by atoms with Crippen molar-refractivity contribution in [1.29, 1.82) is 0 Å². The van der Waals surface area contributed by atoms with Gasteiger partial charge < -0.3 is 0 Å². The molecule has 230 valence electrons. The van der Waals surface area contributed by atoms with Crippen LogP contribution < -0.4 is 31.8 Å². The molecule has 6 aromatic carbocycles. The van der Waals surface area contributed by atoms with Gasteiger partial charge in [0.1, 0.15) is 0 Å². The Balaban J connectivity index is 0.000000205.